The van der Waals surface area contributed by atoms with Crippen molar-refractivity contribution in [3.8, 4) is 0 Å². The lowest BCUT2D eigenvalue weighted by atomic mass is 10.3. The van der Waals surface area contributed by atoms with E-state index in [-0.39, 0.29) is 5.91 Å². The van der Waals surface area contributed by atoms with Gasteiger partial charge in [-0.05, 0) is 12.2 Å². The Balaban J connectivity index is 2.39. The van der Waals surface area contributed by atoms with Crippen molar-refractivity contribution < 1.29 is 4.79 Å². The largest absolute Gasteiger partial charge is 0.338 e. The summed E-state index contributed by atoms with van der Waals surface area (Å²) in [6.07, 6.45) is 4.39. The smallest absolute Gasteiger partial charge is 0.246 e. The second kappa shape index (κ2) is 6.05. The Morgan fingerprint density at radius 3 is 3.08 bits per heavy atom. The van der Waals surface area contributed by atoms with E-state index in [1.54, 1.807) is 12.2 Å². The van der Waals surface area contributed by atoms with E-state index in [4.69, 9.17) is 5.73 Å². The van der Waals surface area contributed by atoms with Crippen LogP contribution in [-0.2, 0) is 4.79 Å². The van der Waals surface area contributed by atoms with Gasteiger partial charge in [0.15, 0.2) is 0 Å². The van der Waals surface area contributed by atoms with Crippen LogP contribution in [0.2, 0.25) is 0 Å². The zero-order chi connectivity index (χ0) is 9.52. The second-order valence-corrected chi connectivity index (χ2v) is 4.15. The average molecular weight is 200 g/mol. The van der Waals surface area contributed by atoms with Crippen LogP contribution >= 0.6 is 11.8 Å². The quantitative estimate of drug-likeness (QED) is 0.659. The highest BCUT2D eigenvalue weighted by Crippen LogP contribution is 2.09. The number of amides is 1. The van der Waals surface area contributed by atoms with E-state index in [0.29, 0.717) is 6.54 Å². The molecule has 0 aromatic carbocycles. The van der Waals surface area contributed by atoms with Crippen LogP contribution in [0.1, 0.15) is 6.42 Å². The molecule has 4 heteroatoms. The summed E-state index contributed by atoms with van der Waals surface area (Å²) in [7, 11) is 0. The van der Waals surface area contributed by atoms with Crippen LogP contribution < -0.4 is 5.73 Å². The number of thioether (sulfide) groups is 1. The van der Waals surface area contributed by atoms with Crippen LogP contribution in [0, 0.1) is 0 Å². The van der Waals surface area contributed by atoms with Gasteiger partial charge in [0, 0.05) is 31.5 Å². The Bertz CT molecular complexity index is 186. The molecular weight excluding hydrogens is 184 g/mol. The van der Waals surface area contributed by atoms with E-state index < -0.39 is 0 Å². The maximum absolute atomic E-state index is 11.5. The lowest BCUT2D eigenvalue weighted by Crippen LogP contribution is -2.31. The van der Waals surface area contributed by atoms with E-state index in [1.165, 1.54) is 5.75 Å². The molecule has 1 aliphatic heterocycles. The maximum Gasteiger partial charge on any atom is 0.246 e. The molecule has 0 bridgehead atoms. The molecule has 1 rings (SSSR count). The van der Waals surface area contributed by atoms with Gasteiger partial charge in [0.05, 0.1) is 0 Å². The molecule has 13 heavy (non-hydrogen) atoms. The van der Waals surface area contributed by atoms with Crippen molar-refractivity contribution in [2.75, 3.05) is 31.1 Å². The van der Waals surface area contributed by atoms with Crippen molar-refractivity contribution in [1.82, 2.24) is 4.90 Å². The Labute approximate surface area is 83.3 Å². The van der Waals surface area contributed by atoms with Gasteiger partial charge in [-0.1, -0.05) is 6.08 Å². The van der Waals surface area contributed by atoms with Crippen LogP contribution in [0.25, 0.3) is 0 Å². The van der Waals surface area contributed by atoms with Crippen molar-refractivity contribution in [1.29, 1.82) is 0 Å². The first-order chi connectivity index (χ1) is 6.34. The minimum Gasteiger partial charge on any atom is -0.338 e. The molecule has 0 aliphatic carbocycles. The van der Waals surface area contributed by atoms with Crippen molar-refractivity contribution in [3.63, 3.8) is 0 Å². The molecule has 0 radical (unpaired) electrons. The Kier molecular flexibility index (Phi) is 4.93. The van der Waals surface area contributed by atoms with Crippen LogP contribution in [0.3, 0.4) is 0 Å². The van der Waals surface area contributed by atoms with Crippen molar-refractivity contribution in [2.45, 2.75) is 6.42 Å². The first-order valence-electron chi connectivity index (χ1n) is 4.58. The van der Waals surface area contributed by atoms with Gasteiger partial charge < -0.3 is 10.6 Å². The molecule has 74 valence electrons. The minimum atomic E-state index is 0.105. The topological polar surface area (TPSA) is 46.3 Å². The van der Waals surface area contributed by atoms with Crippen LogP contribution in [0.15, 0.2) is 12.2 Å². The lowest BCUT2D eigenvalue weighted by Gasteiger charge is -2.17. The van der Waals surface area contributed by atoms with E-state index in [2.05, 4.69) is 0 Å². The van der Waals surface area contributed by atoms with Crippen molar-refractivity contribution >= 4 is 17.7 Å². The minimum absolute atomic E-state index is 0.105. The number of nitrogens with two attached hydrogens (primary N) is 1. The SMILES string of the molecule is NC/C=C/C(=O)N1CCCSCC1. The number of rotatable bonds is 2. The molecule has 1 heterocycles. The van der Waals surface area contributed by atoms with Gasteiger partial charge in [-0.25, -0.2) is 0 Å². The third-order valence-electron chi connectivity index (χ3n) is 1.93. The molecule has 1 saturated heterocycles. The lowest BCUT2D eigenvalue weighted by molar-refractivity contribution is -0.125. The fourth-order valence-corrected chi connectivity index (χ4v) is 2.13. The van der Waals surface area contributed by atoms with Gasteiger partial charge in [-0.3, -0.25) is 4.79 Å². The standard InChI is InChI=1S/C9H16N2OS/c10-4-1-3-9(12)11-5-2-7-13-8-6-11/h1,3H,2,4-8,10H2/b3-1+. The Hall–Kier alpha value is -0.480. The van der Waals surface area contributed by atoms with Gasteiger partial charge in [0.2, 0.25) is 5.91 Å². The molecule has 0 spiro atoms. The normalized spacial score (nSPS) is 19.0. The third kappa shape index (κ3) is 3.83. The molecular formula is C9H16N2OS. The first-order valence-corrected chi connectivity index (χ1v) is 5.73. The summed E-state index contributed by atoms with van der Waals surface area (Å²) < 4.78 is 0. The van der Waals surface area contributed by atoms with E-state index in [0.717, 1.165) is 25.3 Å². The van der Waals surface area contributed by atoms with Crippen molar-refractivity contribution in [2.24, 2.45) is 5.73 Å². The third-order valence-corrected chi connectivity index (χ3v) is 2.98. The van der Waals surface area contributed by atoms with Crippen LogP contribution in [0.4, 0.5) is 0 Å². The maximum atomic E-state index is 11.5. The fourth-order valence-electron chi connectivity index (χ4n) is 1.24. The van der Waals surface area contributed by atoms with Crippen LogP contribution in [-0.4, -0.2) is 41.9 Å². The van der Waals surface area contributed by atoms with Crippen molar-refractivity contribution in [3.05, 3.63) is 12.2 Å². The predicted octanol–water partition coefficient (Wildman–Crippen LogP) is 0.467. The highest BCUT2D eigenvalue weighted by atomic mass is 32.2. The number of hydrogen-bond acceptors (Lipinski definition) is 3. The number of hydrogen-bond donors (Lipinski definition) is 1. The molecule has 1 aliphatic rings. The molecule has 0 saturated carbocycles. The zero-order valence-electron chi connectivity index (χ0n) is 7.74. The van der Waals surface area contributed by atoms with E-state index in [1.807, 2.05) is 16.7 Å². The number of nitrogens with zero attached hydrogens (tertiary/aromatic N) is 1. The van der Waals surface area contributed by atoms with Gasteiger partial charge in [0.1, 0.15) is 0 Å². The molecule has 0 aromatic heterocycles. The van der Waals surface area contributed by atoms with Crippen LogP contribution in [0.5, 0.6) is 0 Å². The molecule has 2 N–H and O–H groups in total. The monoisotopic (exact) mass is 200 g/mol. The summed E-state index contributed by atoms with van der Waals surface area (Å²) in [6, 6.07) is 0. The predicted molar refractivity (Wildman–Crippen MR) is 56.7 cm³/mol. The van der Waals surface area contributed by atoms with E-state index >= 15 is 0 Å². The highest BCUT2D eigenvalue weighted by Gasteiger charge is 2.12. The molecule has 3 nitrogen and oxygen atoms in total. The van der Waals surface area contributed by atoms with Gasteiger partial charge in [-0.2, -0.15) is 11.8 Å². The van der Waals surface area contributed by atoms with Gasteiger partial charge in [0.25, 0.3) is 0 Å². The van der Waals surface area contributed by atoms with E-state index in [9.17, 15) is 4.79 Å². The molecule has 1 amide bonds. The highest BCUT2D eigenvalue weighted by molar-refractivity contribution is 7.99. The second-order valence-electron chi connectivity index (χ2n) is 2.93. The number of carbonyl (C=O) groups excluding carboxylic acids is 1. The summed E-state index contributed by atoms with van der Waals surface area (Å²) in [5.41, 5.74) is 5.28. The van der Waals surface area contributed by atoms with Gasteiger partial charge in [-0.15, -0.1) is 0 Å². The summed E-state index contributed by atoms with van der Waals surface area (Å²) in [4.78, 5) is 13.4. The first kappa shape index (κ1) is 10.6. The fraction of sp³-hybridized carbons (Fsp3) is 0.667. The molecule has 0 atom stereocenters. The Morgan fingerprint density at radius 2 is 2.31 bits per heavy atom. The summed E-state index contributed by atoms with van der Waals surface area (Å²) in [5, 5.41) is 0. The summed E-state index contributed by atoms with van der Waals surface area (Å²) in [6.45, 7) is 2.20. The molecule has 0 unspecified atom stereocenters. The summed E-state index contributed by atoms with van der Waals surface area (Å²) in [5.74, 6) is 2.33. The molecule has 1 fully saturated rings. The van der Waals surface area contributed by atoms with Gasteiger partial charge >= 0.3 is 0 Å². The molecule has 0 aromatic rings. The number of carbonyl (C=O) groups is 1. The zero-order valence-corrected chi connectivity index (χ0v) is 8.55. The summed E-state index contributed by atoms with van der Waals surface area (Å²) >= 11 is 1.92. The Morgan fingerprint density at radius 1 is 1.46 bits per heavy atom. The average Bonchev–Trinajstić information content (AvgIpc) is 2.42.